The number of rotatable bonds is 4. The first-order valence-corrected chi connectivity index (χ1v) is 15.4. The highest BCUT2D eigenvalue weighted by atomic mass is 35.5. The normalized spacial score (nSPS) is 21.8. The Bertz CT molecular complexity index is 1610. The molecular formula is C30H32Cl2FN5OS. The molecule has 0 radical (unpaired) electrons. The molecule has 3 heterocycles. The summed E-state index contributed by atoms with van der Waals surface area (Å²) in [5.41, 5.74) is 5.24. The number of aryl methyl sites for hydroxylation is 1. The average Bonchev–Trinajstić information content (AvgIpc) is 3.51. The van der Waals surface area contributed by atoms with E-state index in [2.05, 4.69) is 14.6 Å². The molecule has 2 aliphatic rings. The topological polar surface area (TPSA) is 68.5 Å². The summed E-state index contributed by atoms with van der Waals surface area (Å²) < 4.78 is 32.6. The van der Waals surface area contributed by atoms with E-state index in [4.69, 9.17) is 28.2 Å². The molecule has 2 unspecified atom stereocenters. The zero-order chi connectivity index (χ0) is 28.4. The molecule has 10 heteroatoms. The fourth-order valence-electron chi connectivity index (χ4n) is 6.17. The van der Waals surface area contributed by atoms with E-state index in [0.29, 0.717) is 16.6 Å². The SMILES string of the molecule is Cc1nc(N2CCC3(Cc4ccc(F)cc4C3)C(N[S@+]([O-])C(C)(C)C)C2)n2ccnc2c1-c1cccc(Cl)c1Cl. The van der Waals surface area contributed by atoms with Gasteiger partial charge in [-0.2, -0.15) is 0 Å². The van der Waals surface area contributed by atoms with Crippen LogP contribution in [0.2, 0.25) is 10.0 Å². The van der Waals surface area contributed by atoms with E-state index in [1.165, 1.54) is 5.56 Å². The fraction of sp³-hybridized carbons (Fsp3) is 0.400. The van der Waals surface area contributed by atoms with Crippen LogP contribution in [0.1, 0.15) is 44.0 Å². The Hall–Kier alpha value is -2.36. The third-order valence-corrected chi connectivity index (χ3v) is 10.7. The van der Waals surface area contributed by atoms with Gasteiger partial charge in [-0.25, -0.2) is 14.4 Å². The van der Waals surface area contributed by atoms with Crippen LogP contribution in [0.4, 0.5) is 10.3 Å². The van der Waals surface area contributed by atoms with E-state index in [0.717, 1.165) is 59.8 Å². The number of anilines is 1. The maximum absolute atomic E-state index is 14.1. The number of nitrogens with one attached hydrogen (secondary N) is 1. The second-order valence-corrected chi connectivity index (χ2v) is 14.8. The summed E-state index contributed by atoms with van der Waals surface area (Å²) in [7, 11) is 0. The molecule has 0 amide bonds. The number of piperidine rings is 1. The summed E-state index contributed by atoms with van der Waals surface area (Å²) in [6.07, 6.45) is 6.11. The largest absolute Gasteiger partial charge is 0.598 e. The molecule has 1 aliphatic heterocycles. The smallest absolute Gasteiger partial charge is 0.211 e. The molecule has 1 saturated heterocycles. The summed E-state index contributed by atoms with van der Waals surface area (Å²) in [6.45, 7) is 9.25. The minimum absolute atomic E-state index is 0.0977. The maximum atomic E-state index is 14.1. The summed E-state index contributed by atoms with van der Waals surface area (Å²) in [6, 6.07) is 10.6. The van der Waals surface area contributed by atoms with Crippen molar-refractivity contribution < 1.29 is 8.94 Å². The van der Waals surface area contributed by atoms with Crippen molar-refractivity contribution in [3.8, 4) is 11.1 Å². The highest BCUT2D eigenvalue weighted by Gasteiger charge is 2.50. The van der Waals surface area contributed by atoms with Crippen LogP contribution in [-0.2, 0) is 24.2 Å². The van der Waals surface area contributed by atoms with Gasteiger partial charge in [0.25, 0.3) is 0 Å². The van der Waals surface area contributed by atoms with Crippen LogP contribution in [0.25, 0.3) is 16.8 Å². The van der Waals surface area contributed by atoms with Crippen molar-refractivity contribution in [2.24, 2.45) is 5.41 Å². The van der Waals surface area contributed by atoms with E-state index in [9.17, 15) is 8.94 Å². The molecule has 3 atom stereocenters. The lowest BCUT2D eigenvalue weighted by Crippen LogP contribution is -2.61. The van der Waals surface area contributed by atoms with Crippen LogP contribution in [0.5, 0.6) is 0 Å². The van der Waals surface area contributed by atoms with Gasteiger partial charge < -0.3 is 9.45 Å². The van der Waals surface area contributed by atoms with Crippen molar-refractivity contribution in [2.45, 2.75) is 57.7 Å². The van der Waals surface area contributed by atoms with Gasteiger partial charge in [0, 0.05) is 53.4 Å². The zero-order valence-corrected chi connectivity index (χ0v) is 25.3. The van der Waals surface area contributed by atoms with Gasteiger partial charge in [-0.15, -0.1) is 4.72 Å². The van der Waals surface area contributed by atoms with Gasteiger partial charge in [0.15, 0.2) is 0 Å². The van der Waals surface area contributed by atoms with E-state index >= 15 is 0 Å². The predicted molar refractivity (Wildman–Crippen MR) is 161 cm³/mol. The van der Waals surface area contributed by atoms with Crippen molar-refractivity contribution in [3.63, 3.8) is 0 Å². The van der Waals surface area contributed by atoms with Gasteiger partial charge in [0.1, 0.15) is 16.2 Å². The lowest BCUT2D eigenvalue weighted by molar-refractivity contribution is 0.179. The van der Waals surface area contributed by atoms with Crippen LogP contribution in [0, 0.1) is 18.2 Å². The first-order chi connectivity index (χ1) is 19.0. The molecular weight excluding hydrogens is 568 g/mol. The molecule has 1 N–H and O–H groups in total. The quantitative estimate of drug-likeness (QED) is 0.269. The number of hydrogen-bond donors (Lipinski definition) is 1. The second kappa shape index (κ2) is 10.2. The lowest BCUT2D eigenvalue weighted by atomic mass is 9.72. The average molecular weight is 601 g/mol. The molecule has 0 saturated carbocycles. The number of fused-ring (bicyclic) bond motifs is 2. The summed E-state index contributed by atoms with van der Waals surface area (Å²) >= 11 is 11.7. The van der Waals surface area contributed by atoms with Gasteiger partial charge in [-0.3, -0.25) is 4.40 Å². The third kappa shape index (κ3) is 4.77. The predicted octanol–water partition coefficient (Wildman–Crippen LogP) is 6.57. The van der Waals surface area contributed by atoms with Crippen molar-refractivity contribution in [1.29, 1.82) is 0 Å². The van der Waals surface area contributed by atoms with Gasteiger partial charge in [0.2, 0.25) is 5.95 Å². The summed E-state index contributed by atoms with van der Waals surface area (Å²) in [5.74, 6) is 0.565. The Balaban J connectivity index is 1.39. The lowest BCUT2D eigenvalue weighted by Gasteiger charge is -2.47. The first kappa shape index (κ1) is 27.8. The number of benzene rings is 2. The van der Waals surface area contributed by atoms with Crippen LogP contribution < -0.4 is 9.62 Å². The Morgan fingerprint density at radius 2 is 1.93 bits per heavy atom. The van der Waals surface area contributed by atoms with Crippen LogP contribution in [0.3, 0.4) is 0 Å². The fourth-order valence-corrected chi connectivity index (χ4v) is 7.50. The van der Waals surface area contributed by atoms with Gasteiger partial charge in [-0.05, 0) is 76.3 Å². The van der Waals surface area contributed by atoms with Gasteiger partial charge in [0.05, 0.1) is 21.8 Å². The molecule has 4 aromatic rings. The summed E-state index contributed by atoms with van der Waals surface area (Å²) in [5, 5.41) is 0.949. The standard InChI is InChI=1S/C30H32Cl2FN5OS/c1-18-25(22-6-5-7-23(31)26(22)32)27-34-11-13-38(27)28(35-18)37-12-10-30(24(17-37)36-40(39)29(2,3)4)15-19-8-9-21(33)14-20(19)16-30/h5-9,11,13-14,24,36H,10,12,15-17H2,1-4H3/t24?,30?,40-/m1/s1. The molecule has 1 spiro atoms. The van der Waals surface area contributed by atoms with Crippen LogP contribution in [-0.4, -0.2) is 42.8 Å². The Morgan fingerprint density at radius 3 is 2.70 bits per heavy atom. The number of halogens is 3. The monoisotopic (exact) mass is 599 g/mol. The van der Waals surface area contributed by atoms with Crippen molar-refractivity contribution in [2.75, 3.05) is 18.0 Å². The van der Waals surface area contributed by atoms with E-state index < -0.39 is 16.1 Å². The van der Waals surface area contributed by atoms with Crippen molar-refractivity contribution >= 4 is 46.2 Å². The highest BCUT2D eigenvalue weighted by Crippen LogP contribution is 2.46. The number of aromatic nitrogens is 3. The maximum Gasteiger partial charge on any atom is 0.211 e. The first-order valence-electron chi connectivity index (χ1n) is 13.5. The van der Waals surface area contributed by atoms with Gasteiger partial charge in [-0.1, -0.05) is 41.4 Å². The minimum atomic E-state index is -1.27. The van der Waals surface area contributed by atoms with Crippen molar-refractivity contribution in [3.05, 3.63) is 81.5 Å². The highest BCUT2D eigenvalue weighted by molar-refractivity contribution is 7.90. The molecule has 0 bridgehead atoms. The Kier molecular flexibility index (Phi) is 7.07. The minimum Gasteiger partial charge on any atom is -0.598 e. The van der Waals surface area contributed by atoms with E-state index in [1.807, 2.05) is 56.5 Å². The third-order valence-electron chi connectivity index (χ3n) is 8.29. The number of imidazole rings is 1. The Morgan fingerprint density at radius 1 is 1.15 bits per heavy atom. The van der Waals surface area contributed by atoms with Crippen molar-refractivity contribution in [1.82, 2.24) is 19.1 Å². The second-order valence-electron chi connectivity index (χ2n) is 12.0. The Labute approximate surface area is 247 Å². The molecule has 6 nitrogen and oxygen atoms in total. The van der Waals surface area contributed by atoms with Crippen LogP contribution in [0.15, 0.2) is 48.8 Å². The molecule has 40 heavy (non-hydrogen) atoms. The molecule has 1 aliphatic carbocycles. The molecule has 2 aromatic heterocycles. The zero-order valence-electron chi connectivity index (χ0n) is 23.0. The number of hydrogen-bond acceptors (Lipinski definition) is 5. The van der Waals surface area contributed by atoms with E-state index in [1.54, 1.807) is 24.4 Å². The molecule has 2 aromatic carbocycles. The summed E-state index contributed by atoms with van der Waals surface area (Å²) in [4.78, 5) is 12.0. The molecule has 6 rings (SSSR count). The number of nitrogens with zero attached hydrogens (tertiary/aromatic N) is 4. The van der Waals surface area contributed by atoms with Gasteiger partial charge >= 0.3 is 0 Å². The van der Waals surface area contributed by atoms with Crippen LogP contribution >= 0.6 is 23.2 Å². The molecule has 210 valence electrons. The molecule has 1 fully saturated rings. The van der Waals surface area contributed by atoms with E-state index in [-0.39, 0.29) is 17.3 Å².